The van der Waals surface area contributed by atoms with E-state index in [4.69, 9.17) is 0 Å². The second kappa shape index (κ2) is 6.24. The van der Waals surface area contributed by atoms with Crippen LogP contribution >= 0.6 is 0 Å². The fourth-order valence-electron chi connectivity index (χ4n) is 3.49. The van der Waals surface area contributed by atoms with Crippen molar-refractivity contribution in [2.45, 2.75) is 39.2 Å². The average molecular weight is 334 g/mol. The number of hydrogen-bond donors (Lipinski definition) is 2. The normalized spacial score (nSPS) is 14.5. The first-order chi connectivity index (χ1) is 12.1. The molecular formula is C20H22N4O. The maximum Gasteiger partial charge on any atom is 0.244 e. The molecule has 0 atom stereocenters. The first kappa shape index (κ1) is 15.7. The number of aromatic amines is 1. The fourth-order valence-corrected chi connectivity index (χ4v) is 3.49. The van der Waals surface area contributed by atoms with E-state index in [0.717, 1.165) is 22.0 Å². The monoisotopic (exact) mass is 334 g/mol. The number of hydrazone groups is 1. The highest BCUT2D eigenvalue weighted by molar-refractivity contribution is 5.89. The van der Waals surface area contributed by atoms with E-state index in [1.807, 2.05) is 30.5 Å². The van der Waals surface area contributed by atoms with Crippen molar-refractivity contribution in [1.82, 2.24) is 15.0 Å². The molecule has 5 nitrogen and oxygen atoms in total. The Hall–Kier alpha value is -2.82. The second-order valence-electron chi connectivity index (χ2n) is 6.76. The number of H-pyrrole nitrogens is 1. The van der Waals surface area contributed by atoms with Crippen LogP contribution in [-0.4, -0.2) is 21.7 Å². The van der Waals surface area contributed by atoms with Crippen LogP contribution in [0.1, 0.15) is 41.4 Å². The van der Waals surface area contributed by atoms with Crippen molar-refractivity contribution in [2.75, 3.05) is 0 Å². The lowest BCUT2D eigenvalue weighted by Gasteiger charge is -2.06. The van der Waals surface area contributed by atoms with Gasteiger partial charge in [-0.2, -0.15) is 5.10 Å². The molecule has 0 aliphatic heterocycles. The van der Waals surface area contributed by atoms with Crippen LogP contribution in [0, 0.1) is 13.8 Å². The van der Waals surface area contributed by atoms with Crippen LogP contribution < -0.4 is 5.43 Å². The molecule has 0 bridgehead atoms. The van der Waals surface area contributed by atoms with Crippen LogP contribution in [0.25, 0.3) is 10.9 Å². The Morgan fingerprint density at radius 3 is 2.96 bits per heavy atom. The maximum atomic E-state index is 12.2. The smallest absolute Gasteiger partial charge is 0.244 e. The van der Waals surface area contributed by atoms with Gasteiger partial charge in [0.2, 0.25) is 5.91 Å². The zero-order valence-corrected chi connectivity index (χ0v) is 14.5. The summed E-state index contributed by atoms with van der Waals surface area (Å²) >= 11 is 0. The molecule has 1 fully saturated rings. The number of nitrogens with zero attached hydrogens (tertiary/aromatic N) is 2. The molecule has 1 aliphatic carbocycles. The van der Waals surface area contributed by atoms with Gasteiger partial charge in [0.15, 0.2) is 0 Å². The van der Waals surface area contributed by atoms with Crippen molar-refractivity contribution in [2.24, 2.45) is 5.10 Å². The molecule has 0 unspecified atom stereocenters. The van der Waals surface area contributed by atoms with Crippen LogP contribution in [0.2, 0.25) is 0 Å². The van der Waals surface area contributed by atoms with Gasteiger partial charge in [0, 0.05) is 40.1 Å². The zero-order valence-electron chi connectivity index (χ0n) is 14.5. The van der Waals surface area contributed by atoms with E-state index in [0.29, 0.717) is 12.5 Å². The Morgan fingerprint density at radius 2 is 2.16 bits per heavy atom. The number of benzene rings is 1. The van der Waals surface area contributed by atoms with Crippen molar-refractivity contribution in [3.63, 3.8) is 0 Å². The van der Waals surface area contributed by atoms with Crippen LogP contribution in [0.3, 0.4) is 0 Å². The van der Waals surface area contributed by atoms with E-state index >= 15 is 0 Å². The van der Waals surface area contributed by atoms with E-state index in [-0.39, 0.29) is 5.91 Å². The molecule has 4 rings (SSSR count). The summed E-state index contributed by atoms with van der Waals surface area (Å²) in [4.78, 5) is 15.4. The van der Waals surface area contributed by atoms with Gasteiger partial charge in [-0.3, -0.25) is 4.79 Å². The number of amides is 1. The fraction of sp³-hybridized carbons (Fsp3) is 0.300. The molecular weight excluding hydrogens is 312 g/mol. The van der Waals surface area contributed by atoms with Crippen LogP contribution in [-0.2, 0) is 11.2 Å². The van der Waals surface area contributed by atoms with Gasteiger partial charge in [-0.15, -0.1) is 0 Å². The molecule has 1 saturated carbocycles. The third-order valence-electron chi connectivity index (χ3n) is 4.85. The van der Waals surface area contributed by atoms with E-state index in [2.05, 4.69) is 40.0 Å². The Morgan fingerprint density at radius 1 is 1.36 bits per heavy atom. The SMILES string of the molecule is Cc1cc(/C=N/NC(=O)Cc2c[nH]c3ccccc23)c(C)n1C1CC1. The highest BCUT2D eigenvalue weighted by atomic mass is 16.2. The number of carbonyl (C=O) groups is 1. The standard InChI is InChI=1S/C20H22N4O/c1-13-9-15(14(2)24(13)17-7-8-17)12-22-23-20(25)10-16-11-21-19-6-4-3-5-18(16)19/h3-6,9,11-12,17,21H,7-8,10H2,1-2H3,(H,23,25)/b22-12+. The molecule has 1 aromatic carbocycles. The number of hydrogen-bond acceptors (Lipinski definition) is 2. The molecule has 5 heteroatoms. The van der Waals surface area contributed by atoms with Gasteiger partial charge in [0.25, 0.3) is 0 Å². The minimum Gasteiger partial charge on any atom is -0.361 e. The summed E-state index contributed by atoms with van der Waals surface area (Å²) < 4.78 is 2.37. The van der Waals surface area contributed by atoms with Gasteiger partial charge in [-0.05, 0) is 44.4 Å². The lowest BCUT2D eigenvalue weighted by Crippen LogP contribution is -2.19. The number of para-hydroxylation sites is 1. The van der Waals surface area contributed by atoms with E-state index < -0.39 is 0 Å². The molecule has 0 saturated heterocycles. The minimum absolute atomic E-state index is 0.114. The molecule has 0 spiro atoms. The highest BCUT2D eigenvalue weighted by Gasteiger charge is 2.26. The van der Waals surface area contributed by atoms with Crippen LogP contribution in [0.4, 0.5) is 0 Å². The van der Waals surface area contributed by atoms with Gasteiger partial charge >= 0.3 is 0 Å². The molecule has 1 aliphatic rings. The van der Waals surface area contributed by atoms with E-state index in [1.165, 1.54) is 24.2 Å². The summed E-state index contributed by atoms with van der Waals surface area (Å²) in [5, 5.41) is 5.23. The Bertz CT molecular complexity index is 959. The molecule has 0 radical (unpaired) electrons. The summed E-state index contributed by atoms with van der Waals surface area (Å²) in [6, 6.07) is 10.8. The Balaban J connectivity index is 1.42. The van der Waals surface area contributed by atoms with Crippen LogP contribution in [0.15, 0.2) is 41.6 Å². The second-order valence-corrected chi connectivity index (χ2v) is 6.76. The topological polar surface area (TPSA) is 62.2 Å². The molecule has 2 N–H and O–H groups in total. The number of carbonyl (C=O) groups excluding carboxylic acids is 1. The molecule has 1 amide bonds. The van der Waals surface area contributed by atoms with Crippen molar-refractivity contribution in [3.8, 4) is 0 Å². The van der Waals surface area contributed by atoms with Crippen molar-refractivity contribution in [1.29, 1.82) is 0 Å². The maximum absolute atomic E-state index is 12.2. The van der Waals surface area contributed by atoms with Crippen LogP contribution in [0.5, 0.6) is 0 Å². The highest BCUT2D eigenvalue weighted by Crippen LogP contribution is 2.38. The van der Waals surface area contributed by atoms with Gasteiger partial charge in [0.1, 0.15) is 0 Å². The minimum atomic E-state index is -0.114. The number of nitrogens with one attached hydrogen (secondary N) is 2. The quantitative estimate of drug-likeness (QED) is 0.543. The summed E-state index contributed by atoms with van der Waals surface area (Å²) in [6.07, 6.45) is 6.45. The van der Waals surface area contributed by atoms with Crippen molar-refractivity contribution >= 4 is 23.0 Å². The molecule has 128 valence electrons. The van der Waals surface area contributed by atoms with E-state index in [9.17, 15) is 4.79 Å². The Labute approximate surface area is 146 Å². The summed E-state index contributed by atoms with van der Waals surface area (Å²) in [5.41, 5.74) is 8.21. The predicted molar refractivity (Wildman–Crippen MR) is 99.9 cm³/mol. The van der Waals surface area contributed by atoms with Crippen molar-refractivity contribution < 1.29 is 4.79 Å². The molecule has 2 heterocycles. The molecule has 2 aromatic heterocycles. The number of fused-ring (bicyclic) bond motifs is 1. The van der Waals surface area contributed by atoms with Gasteiger partial charge in [0.05, 0.1) is 12.6 Å². The third kappa shape index (κ3) is 3.09. The summed E-state index contributed by atoms with van der Waals surface area (Å²) in [5.74, 6) is -0.114. The summed E-state index contributed by atoms with van der Waals surface area (Å²) in [7, 11) is 0. The van der Waals surface area contributed by atoms with Gasteiger partial charge in [-0.25, -0.2) is 5.43 Å². The van der Waals surface area contributed by atoms with Gasteiger partial charge in [-0.1, -0.05) is 18.2 Å². The lowest BCUT2D eigenvalue weighted by molar-refractivity contribution is -0.120. The predicted octanol–water partition coefficient (Wildman–Crippen LogP) is 3.61. The summed E-state index contributed by atoms with van der Waals surface area (Å²) in [6.45, 7) is 4.23. The number of aryl methyl sites for hydroxylation is 1. The van der Waals surface area contributed by atoms with E-state index in [1.54, 1.807) is 6.21 Å². The first-order valence-electron chi connectivity index (χ1n) is 8.69. The van der Waals surface area contributed by atoms with Gasteiger partial charge < -0.3 is 9.55 Å². The average Bonchev–Trinajstić information content (AvgIpc) is 3.28. The van der Waals surface area contributed by atoms with Crippen molar-refractivity contribution in [3.05, 3.63) is 59.0 Å². The number of rotatable bonds is 5. The number of aromatic nitrogens is 2. The molecule has 25 heavy (non-hydrogen) atoms. The lowest BCUT2D eigenvalue weighted by atomic mass is 10.1. The Kier molecular flexibility index (Phi) is 3.92. The largest absolute Gasteiger partial charge is 0.361 e. The zero-order chi connectivity index (χ0) is 17.4. The first-order valence-corrected chi connectivity index (χ1v) is 8.69. The third-order valence-corrected chi connectivity index (χ3v) is 4.85. The molecule has 3 aromatic rings.